The van der Waals surface area contributed by atoms with E-state index < -0.39 is 0 Å². The fourth-order valence-electron chi connectivity index (χ4n) is 3.67. The summed E-state index contributed by atoms with van der Waals surface area (Å²) < 4.78 is 11.8. The highest BCUT2D eigenvalue weighted by atomic mass is 16.5. The first-order chi connectivity index (χ1) is 14.8. The van der Waals surface area contributed by atoms with Crippen molar-refractivity contribution in [2.24, 2.45) is 0 Å². The van der Waals surface area contributed by atoms with Gasteiger partial charge in [-0.05, 0) is 35.2 Å². The van der Waals surface area contributed by atoms with Crippen molar-refractivity contribution in [1.29, 1.82) is 0 Å². The van der Waals surface area contributed by atoms with Crippen LogP contribution in [-0.4, -0.2) is 24.0 Å². The quantitative estimate of drug-likeness (QED) is 0.573. The number of hydrogen-bond acceptors (Lipinski definition) is 3. The zero-order chi connectivity index (χ0) is 20.6. The second-order valence-electron chi connectivity index (χ2n) is 7.57. The largest absolute Gasteiger partial charge is 0.491 e. The predicted molar refractivity (Wildman–Crippen MR) is 117 cm³/mol. The van der Waals surface area contributed by atoms with Gasteiger partial charge < -0.3 is 14.4 Å². The van der Waals surface area contributed by atoms with Crippen LogP contribution in [0.4, 0.5) is 0 Å². The molecule has 1 heterocycles. The fourth-order valence-corrected chi connectivity index (χ4v) is 3.67. The first kappa shape index (κ1) is 20.2. The number of amides is 1. The third-order valence-corrected chi connectivity index (χ3v) is 5.31. The molecular weight excluding hydrogens is 374 g/mol. The van der Waals surface area contributed by atoms with E-state index in [1.54, 1.807) is 0 Å². The Bertz CT molecular complexity index is 957. The molecule has 0 aliphatic carbocycles. The molecule has 1 amide bonds. The normalized spacial score (nSPS) is 13.3. The molecule has 1 aliphatic heterocycles. The molecule has 0 spiro atoms. The lowest BCUT2D eigenvalue weighted by atomic mass is 10.1. The summed E-state index contributed by atoms with van der Waals surface area (Å²) in [4.78, 5) is 14.7. The predicted octanol–water partition coefficient (Wildman–Crippen LogP) is 4.76. The lowest BCUT2D eigenvalue weighted by Gasteiger charge is -2.20. The van der Waals surface area contributed by atoms with Crippen molar-refractivity contribution in [1.82, 2.24) is 4.90 Å². The number of carbonyl (C=O) groups is 1. The summed E-state index contributed by atoms with van der Waals surface area (Å²) in [7, 11) is 0. The minimum absolute atomic E-state index is 0.168. The number of ether oxygens (including phenoxy) is 2. The Morgan fingerprint density at radius 2 is 1.57 bits per heavy atom. The summed E-state index contributed by atoms with van der Waals surface area (Å²) in [5.41, 5.74) is 4.48. The van der Waals surface area contributed by atoms with E-state index in [4.69, 9.17) is 9.47 Å². The molecular formula is C26H27NO3. The second-order valence-corrected chi connectivity index (χ2v) is 7.57. The number of rotatable bonds is 7. The Kier molecular flexibility index (Phi) is 6.78. The number of fused-ring (bicyclic) bond motifs is 1. The topological polar surface area (TPSA) is 38.8 Å². The molecule has 0 saturated heterocycles. The fraction of sp³-hybridized carbons (Fsp3) is 0.269. The summed E-state index contributed by atoms with van der Waals surface area (Å²) in [6, 6.07) is 26.4. The average molecular weight is 402 g/mol. The van der Waals surface area contributed by atoms with Gasteiger partial charge in [0.1, 0.15) is 12.4 Å². The number of nitrogens with zero attached hydrogens (tertiary/aromatic N) is 1. The first-order valence-electron chi connectivity index (χ1n) is 10.5. The van der Waals surface area contributed by atoms with Gasteiger partial charge in [-0.2, -0.15) is 0 Å². The van der Waals surface area contributed by atoms with Crippen LogP contribution in [0.3, 0.4) is 0 Å². The van der Waals surface area contributed by atoms with Crippen LogP contribution in [-0.2, 0) is 35.7 Å². The highest BCUT2D eigenvalue weighted by Gasteiger charge is 2.20. The Hall–Kier alpha value is -3.11. The Balaban J connectivity index is 1.35. The van der Waals surface area contributed by atoms with E-state index in [2.05, 4.69) is 30.3 Å². The van der Waals surface area contributed by atoms with Gasteiger partial charge in [0.25, 0.3) is 0 Å². The van der Waals surface area contributed by atoms with Gasteiger partial charge >= 0.3 is 0 Å². The van der Waals surface area contributed by atoms with Crippen molar-refractivity contribution in [2.45, 2.75) is 32.6 Å². The van der Waals surface area contributed by atoms with Crippen molar-refractivity contribution in [3.8, 4) is 5.75 Å². The van der Waals surface area contributed by atoms with Crippen LogP contribution in [0.15, 0.2) is 78.9 Å². The van der Waals surface area contributed by atoms with Gasteiger partial charge in [0, 0.05) is 18.5 Å². The van der Waals surface area contributed by atoms with E-state index in [1.807, 2.05) is 53.4 Å². The molecule has 0 saturated carbocycles. The minimum Gasteiger partial charge on any atom is -0.491 e. The van der Waals surface area contributed by atoms with E-state index in [9.17, 15) is 4.79 Å². The number of aryl methyl sites for hydroxylation is 1. The van der Waals surface area contributed by atoms with Crippen LogP contribution >= 0.6 is 0 Å². The van der Waals surface area contributed by atoms with E-state index >= 15 is 0 Å². The maximum absolute atomic E-state index is 12.8. The van der Waals surface area contributed by atoms with Crippen LogP contribution in [0.5, 0.6) is 5.75 Å². The lowest BCUT2D eigenvalue weighted by molar-refractivity contribution is -0.131. The van der Waals surface area contributed by atoms with Gasteiger partial charge in [-0.25, -0.2) is 0 Å². The average Bonchev–Trinajstić information content (AvgIpc) is 3.01. The molecule has 0 unspecified atom stereocenters. The maximum atomic E-state index is 12.8. The second kappa shape index (κ2) is 10.1. The van der Waals surface area contributed by atoms with Gasteiger partial charge in [-0.1, -0.05) is 66.7 Å². The van der Waals surface area contributed by atoms with E-state index in [-0.39, 0.29) is 5.91 Å². The van der Waals surface area contributed by atoms with Crippen LogP contribution in [0.25, 0.3) is 0 Å². The van der Waals surface area contributed by atoms with Crippen molar-refractivity contribution < 1.29 is 14.3 Å². The van der Waals surface area contributed by atoms with E-state index in [0.29, 0.717) is 39.3 Å². The van der Waals surface area contributed by atoms with Crippen molar-refractivity contribution >= 4 is 5.91 Å². The Morgan fingerprint density at radius 3 is 2.33 bits per heavy atom. The Morgan fingerprint density at radius 1 is 0.867 bits per heavy atom. The van der Waals surface area contributed by atoms with Crippen LogP contribution < -0.4 is 4.74 Å². The van der Waals surface area contributed by atoms with Gasteiger partial charge in [-0.15, -0.1) is 0 Å². The molecule has 30 heavy (non-hydrogen) atoms. The third kappa shape index (κ3) is 5.49. The summed E-state index contributed by atoms with van der Waals surface area (Å²) in [6.45, 7) is 2.83. The van der Waals surface area contributed by atoms with Crippen molar-refractivity contribution in [3.05, 3.63) is 101 Å². The monoisotopic (exact) mass is 401 g/mol. The minimum atomic E-state index is 0.168. The smallest absolute Gasteiger partial charge is 0.223 e. The van der Waals surface area contributed by atoms with E-state index in [0.717, 1.165) is 28.9 Å². The van der Waals surface area contributed by atoms with Crippen molar-refractivity contribution in [3.63, 3.8) is 0 Å². The van der Waals surface area contributed by atoms with Crippen LogP contribution in [0, 0.1) is 0 Å². The highest BCUT2D eigenvalue weighted by Crippen LogP contribution is 2.25. The number of benzene rings is 3. The van der Waals surface area contributed by atoms with Crippen LogP contribution in [0.2, 0.25) is 0 Å². The summed E-state index contributed by atoms with van der Waals surface area (Å²) >= 11 is 0. The summed E-state index contributed by atoms with van der Waals surface area (Å²) in [6.07, 6.45) is 1.27. The molecule has 1 aliphatic rings. The Labute approximate surface area is 178 Å². The lowest BCUT2D eigenvalue weighted by Crippen LogP contribution is -2.32. The van der Waals surface area contributed by atoms with Crippen molar-refractivity contribution in [2.75, 3.05) is 13.2 Å². The summed E-state index contributed by atoms with van der Waals surface area (Å²) in [5.74, 6) is 1.03. The number of carbonyl (C=O) groups excluding carboxylic acids is 1. The molecule has 4 heteroatoms. The van der Waals surface area contributed by atoms with Gasteiger partial charge in [0.05, 0.1) is 19.8 Å². The van der Waals surface area contributed by atoms with E-state index in [1.165, 1.54) is 5.56 Å². The molecule has 3 aromatic carbocycles. The molecule has 4 rings (SSSR count). The zero-order valence-electron chi connectivity index (χ0n) is 17.1. The molecule has 0 fully saturated rings. The first-order valence-corrected chi connectivity index (χ1v) is 10.5. The van der Waals surface area contributed by atoms with Gasteiger partial charge in [0.15, 0.2) is 0 Å². The molecule has 0 bridgehead atoms. The third-order valence-electron chi connectivity index (χ3n) is 5.31. The maximum Gasteiger partial charge on any atom is 0.223 e. The standard InChI is InChI=1S/C26H27NO3/c28-26(14-12-21-7-3-1-4-8-21)27-15-16-30-25-13-11-23(17-24(25)18-27)20-29-19-22-9-5-2-6-10-22/h1-11,13,17H,12,14-16,18-20H2. The molecule has 0 N–H and O–H groups in total. The summed E-state index contributed by atoms with van der Waals surface area (Å²) in [5, 5.41) is 0. The molecule has 3 aromatic rings. The molecule has 4 nitrogen and oxygen atoms in total. The van der Waals surface area contributed by atoms with Gasteiger partial charge in [0.2, 0.25) is 5.91 Å². The molecule has 154 valence electrons. The van der Waals surface area contributed by atoms with Crippen LogP contribution in [0.1, 0.15) is 28.7 Å². The number of hydrogen-bond donors (Lipinski definition) is 0. The molecule has 0 atom stereocenters. The van der Waals surface area contributed by atoms with Gasteiger partial charge in [-0.3, -0.25) is 4.79 Å². The highest BCUT2D eigenvalue weighted by molar-refractivity contribution is 5.76. The molecule has 0 radical (unpaired) electrons. The SMILES string of the molecule is O=C(CCc1ccccc1)N1CCOc2ccc(COCc3ccccc3)cc2C1. The molecule has 0 aromatic heterocycles. The zero-order valence-corrected chi connectivity index (χ0v) is 17.1.